The van der Waals surface area contributed by atoms with Crippen molar-refractivity contribution < 1.29 is 14.3 Å². The van der Waals surface area contributed by atoms with Gasteiger partial charge < -0.3 is 10.1 Å². The number of amides is 1. The second-order valence-corrected chi connectivity index (χ2v) is 7.00. The summed E-state index contributed by atoms with van der Waals surface area (Å²) >= 11 is 0. The van der Waals surface area contributed by atoms with Crippen LogP contribution >= 0.6 is 0 Å². The zero-order valence-electron chi connectivity index (χ0n) is 16.0. The minimum atomic E-state index is -0.887. The fraction of sp³-hybridized carbons (Fsp3) is 0.429. The van der Waals surface area contributed by atoms with E-state index in [9.17, 15) is 14.4 Å². The highest BCUT2D eigenvalue weighted by Gasteiger charge is 2.19. The van der Waals surface area contributed by atoms with Crippen molar-refractivity contribution in [2.45, 2.75) is 51.6 Å². The Kier molecular flexibility index (Phi) is 6.57. The molecule has 1 aliphatic carbocycles. The molecular formula is C21H25N3O4. The third-order valence-corrected chi connectivity index (χ3v) is 4.89. The maximum Gasteiger partial charge on any atom is 0.312 e. The quantitative estimate of drug-likeness (QED) is 0.565. The Labute approximate surface area is 163 Å². The normalized spacial score (nSPS) is 15.0. The topological polar surface area (TPSA) is 101 Å². The number of rotatable bonds is 7. The van der Waals surface area contributed by atoms with Gasteiger partial charge in [0.05, 0.1) is 17.5 Å². The molecule has 1 aromatic heterocycles. The number of benzene rings is 1. The molecule has 1 heterocycles. The molecule has 0 aliphatic heterocycles. The van der Waals surface area contributed by atoms with Crippen LogP contribution in [0.1, 0.15) is 44.7 Å². The van der Waals surface area contributed by atoms with Gasteiger partial charge in [0.25, 0.3) is 11.5 Å². The average Bonchev–Trinajstić information content (AvgIpc) is 2.71. The van der Waals surface area contributed by atoms with Crippen molar-refractivity contribution in [3.05, 3.63) is 52.0 Å². The number of carbonyl (C=O) groups is 2. The van der Waals surface area contributed by atoms with E-state index in [0.29, 0.717) is 23.0 Å². The Morgan fingerprint density at radius 3 is 2.79 bits per heavy atom. The maximum absolute atomic E-state index is 12.2. The number of H-pyrrole nitrogens is 1. The third kappa shape index (κ3) is 5.06. The summed E-state index contributed by atoms with van der Waals surface area (Å²) in [5, 5.41) is 10.2. The van der Waals surface area contributed by atoms with Crippen LogP contribution < -0.4 is 10.9 Å². The summed E-state index contributed by atoms with van der Waals surface area (Å²) < 4.78 is 5.24. The lowest BCUT2D eigenvalue weighted by atomic mass is 9.97. The van der Waals surface area contributed by atoms with E-state index in [1.807, 2.05) is 0 Å². The maximum atomic E-state index is 12.2. The van der Waals surface area contributed by atoms with Crippen LogP contribution in [0.2, 0.25) is 0 Å². The molecule has 1 atom stereocenters. The van der Waals surface area contributed by atoms with Gasteiger partial charge in [-0.25, -0.2) is 5.10 Å². The number of ether oxygens (including phenoxy) is 1. The smallest absolute Gasteiger partial charge is 0.312 e. The average molecular weight is 383 g/mol. The Bertz CT molecular complexity index is 948. The molecule has 28 heavy (non-hydrogen) atoms. The van der Waals surface area contributed by atoms with Crippen molar-refractivity contribution in [3.63, 3.8) is 0 Å². The van der Waals surface area contributed by atoms with Gasteiger partial charge in [-0.3, -0.25) is 14.4 Å². The first-order valence-electron chi connectivity index (χ1n) is 9.66. The van der Waals surface area contributed by atoms with Crippen molar-refractivity contribution in [3.8, 4) is 0 Å². The standard InChI is InChI=1S/C21H25N3O4/c1-14(20(26)22-12-11-15-7-3-2-4-8-15)28-19(25)13-18-16-9-5-6-10-17(16)21(27)24-23-18/h5-7,9-10,14H,2-4,8,11-13H2,1H3,(H,22,26)(H,24,27)/t14-/m0/s1. The molecule has 7 nitrogen and oxygen atoms in total. The molecular weight excluding hydrogens is 358 g/mol. The summed E-state index contributed by atoms with van der Waals surface area (Å²) in [6.45, 7) is 2.09. The minimum Gasteiger partial charge on any atom is -0.452 e. The van der Waals surface area contributed by atoms with Gasteiger partial charge in [0.2, 0.25) is 0 Å². The second kappa shape index (κ2) is 9.30. The van der Waals surface area contributed by atoms with E-state index >= 15 is 0 Å². The number of nitrogens with zero attached hydrogens (tertiary/aromatic N) is 1. The predicted octanol–water partition coefficient (Wildman–Crippen LogP) is 2.40. The Hall–Kier alpha value is -2.96. The van der Waals surface area contributed by atoms with Gasteiger partial charge in [0.15, 0.2) is 6.10 Å². The molecule has 2 N–H and O–H groups in total. The van der Waals surface area contributed by atoms with E-state index in [2.05, 4.69) is 21.6 Å². The molecule has 7 heteroatoms. The summed E-state index contributed by atoms with van der Waals surface area (Å²) in [6.07, 6.45) is 6.73. The first-order chi connectivity index (χ1) is 13.5. The lowest BCUT2D eigenvalue weighted by molar-refractivity contribution is -0.154. The van der Waals surface area contributed by atoms with Gasteiger partial charge in [-0.1, -0.05) is 29.8 Å². The minimum absolute atomic E-state index is 0.123. The summed E-state index contributed by atoms with van der Waals surface area (Å²) in [5.74, 6) is -0.883. The van der Waals surface area contributed by atoms with Crippen molar-refractivity contribution >= 4 is 22.6 Å². The van der Waals surface area contributed by atoms with Crippen molar-refractivity contribution in [1.82, 2.24) is 15.5 Å². The SMILES string of the molecule is C[C@H](OC(=O)Cc1n[nH]c(=O)c2ccccc12)C(=O)NCCC1=CCCCC1. The van der Waals surface area contributed by atoms with Crippen molar-refractivity contribution in [2.75, 3.05) is 6.54 Å². The highest BCUT2D eigenvalue weighted by molar-refractivity contribution is 5.88. The summed E-state index contributed by atoms with van der Waals surface area (Å²) in [7, 11) is 0. The molecule has 0 unspecified atom stereocenters. The highest BCUT2D eigenvalue weighted by atomic mass is 16.5. The summed E-state index contributed by atoms with van der Waals surface area (Å²) in [4.78, 5) is 36.2. The summed E-state index contributed by atoms with van der Waals surface area (Å²) in [5.41, 5.74) is 1.48. The number of aromatic nitrogens is 2. The monoisotopic (exact) mass is 383 g/mol. The zero-order valence-corrected chi connectivity index (χ0v) is 16.0. The molecule has 3 rings (SSSR count). The van der Waals surface area contributed by atoms with Crippen LogP contribution in [0.15, 0.2) is 40.7 Å². The molecule has 0 spiro atoms. The van der Waals surface area contributed by atoms with Crippen LogP contribution in [0, 0.1) is 0 Å². The van der Waals surface area contributed by atoms with E-state index in [-0.39, 0.29) is 17.9 Å². The van der Waals surface area contributed by atoms with E-state index in [1.54, 1.807) is 31.2 Å². The summed E-state index contributed by atoms with van der Waals surface area (Å²) in [6, 6.07) is 6.92. The van der Waals surface area contributed by atoms with Crippen LogP contribution in [-0.2, 0) is 20.7 Å². The molecule has 0 fully saturated rings. The van der Waals surface area contributed by atoms with Gasteiger partial charge >= 0.3 is 5.97 Å². The molecule has 0 saturated heterocycles. The van der Waals surface area contributed by atoms with E-state index in [4.69, 9.17) is 4.74 Å². The van der Waals surface area contributed by atoms with E-state index < -0.39 is 12.1 Å². The zero-order chi connectivity index (χ0) is 19.9. The molecule has 0 bridgehead atoms. The lowest BCUT2D eigenvalue weighted by Gasteiger charge is -2.15. The van der Waals surface area contributed by atoms with Crippen LogP contribution in [-0.4, -0.2) is 34.7 Å². The Morgan fingerprint density at radius 2 is 2.04 bits per heavy atom. The van der Waals surface area contributed by atoms with Crippen LogP contribution in [0.5, 0.6) is 0 Å². The van der Waals surface area contributed by atoms with Gasteiger partial charge in [0.1, 0.15) is 0 Å². The number of hydrogen-bond donors (Lipinski definition) is 2. The van der Waals surface area contributed by atoms with Gasteiger partial charge in [0, 0.05) is 11.9 Å². The number of aromatic amines is 1. The van der Waals surface area contributed by atoms with Gasteiger partial charge in [-0.15, -0.1) is 0 Å². The van der Waals surface area contributed by atoms with E-state index in [0.717, 1.165) is 19.3 Å². The van der Waals surface area contributed by atoms with Gasteiger partial charge in [-0.2, -0.15) is 5.10 Å². The second-order valence-electron chi connectivity index (χ2n) is 7.00. The Balaban J connectivity index is 1.51. The third-order valence-electron chi connectivity index (χ3n) is 4.89. The number of allylic oxidation sites excluding steroid dienone is 1. The number of esters is 1. The molecule has 2 aromatic rings. The van der Waals surface area contributed by atoms with E-state index in [1.165, 1.54) is 18.4 Å². The first-order valence-corrected chi connectivity index (χ1v) is 9.66. The largest absolute Gasteiger partial charge is 0.452 e. The predicted molar refractivity (Wildman–Crippen MR) is 106 cm³/mol. The lowest BCUT2D eigenvalue weighted by Crippen LogP contribution is -2.36. The molecule has 1 amide bonds. The van der Waals surface area contributed by atoms with Crippen molar-refractivity contribution in [1.29, 1.82) is 0 Å². The number of fused-ring (bicyclic) bond motifs is 1. The van der Waals surface area contributed by atoms with Gasteiger partial charge in [-0.05, 0) is 45.1 Å². The number of nitrogens with one attached hydrogen (secondary N) is 2. The molecule has 0 saturated carbocycles. The van der Waals surface area contributed by atoms with Crippen LogP contribution in [0.25, 0.3) is 10.8 Å². The first kappa shape index (κ1) is 19.8. The number of hydrogen-bond acceptors (Lipinski definition) is 5. The molecule has 1 aromatic carbocycles. The van der Waals surface area contributed by atoms with Crippen LogP contribution in [0.3, 0.4) is 0 Å². The molecule has 1 aliphatic rings. The van der Waals surface area contributed by atoms with Crippen molar-refractivity contribution in [2.24, 2.45) is 0 Å². The fourth-order valence-electron chi connectivity index (χ4n) is 3.36. The fourth-order valence-corrected chi connectivity index (χ4v) is 3.36. The molecule has 148 valence electrons. The highest BCUT2D eigenvalue weighted by Crippen LogP contribution is 2.19. The van der Waals surface area contributed by atoms with Crippen LogP contribution in [0.4, 0.5) is 0 Å². The Morgan fingerprint density at radius 1 is 1.25 bits per heavy atom. The number of carbonyl (C=O) groups excluding carboxylic acids is 2. The molecule has 0 radical (unpaired) electrons.